The summed E-state index contributed by atoms with van der Waals surface area (Å²) in [5, 5.41) is 12.0. The highest BCUT2D eigenvalue weighted by Crippen LogP contribution is 2.52. The van der Waals surface area contributed by atoms with Crippen LogP contribution in [0.25, 0.3) is 10.2 Å². The fourth-order valence-corrected chi connectivity index (χ4v) is 5.02. The molecular formula is C17H13N2O5S-. The average Bonchev–Trinajstić information content (AvgIpc) is 3.32. The van der Waals surface area contributed by atoms with Gasteiger partial charge in [-0.15, -0.1) is 0 Å². The molecule has 1 aromatic carbocycles. The molecule has 1 spiro atoms. The van der Waals surface area contributed by atoms with Crippen LogP contribution >= 0.6 is 11.3 Å². The van der Waals surface area contributed by atoms with E-state index in [-0.39, 0.29) is 12.5 Å². The number of hydrogen-bond donors (Lipinski definition) is 0. The molecule has 0 aliphatic carbocycles. The van der Waals surface area contributed by atoms with E-state index in [0.717, 1.165) is 10.2 Å². The van der Waals surface area contributed by atoms with Crippen LogP contribution < -0.4 is 14.7 Å². The number of methoxy groups -OCH3 is 1. The Morgan fingerprint density at radius 3 is 3.12 bits per heavy atom. The Hall–Kier alpha value is -2.45. The number of carbonyl (C=O) groups excluding carboxylic acids is 2. The van der Waals surface area contributed by atoms with Gasteiger partial charge in [0.1, 0.15) is 11.4 Å². The Morgan fingerprint density at radius 2 is 2.36 bits per heavy atom. The summed E-state index contributed by atoms with van der Waals surface area (Å²) in [4.78, 5) is 30.5. The molecule has 0 unspecified atom stereocenters. The van der Waals surface area contributed by atoms with Gasteiger partial charge in [-0.3, -0.25) is 9.69 Å². The third-order valence-electron chi connectivity index (χ3n) is 5.19. The molecular weight excluding hydrogens is 344 g/mol. The number of thiazole rings is 1. The number of hydrogen-bond acceptors (Lipinski definition) is 7. The summed E-state index contributed by atoms with van der Waals surface area (Å²) >= 11 is 1.38. The molecule has 7 nitrogen and oxygen atoms in total. The lowest BCUT2D eigenvalue weighted by atomic mass is 9.77. The van der Waals surface area contributed by atoms with Gasteiger partial charge >= 0.3 is 0 Å². The number of benzene rings is 1. The van der Waals surface area contributed by atoms with Gasteiger partial charge in [0.25, 0.3) is 0 Å². The number of carboxylic acid groups (broad SMARTS) is 1. The van der Waals surface area contributed by atoms with Gasteiger partial charge in [-0.05, 0) is 12.1 Å². The van der Waals surface area contributed by atoms with Crippen LogP contribution in [-0.4, -0.2) is 42.2 Å². The minimum Gasteiger partial charge on any atom is -0.550 e. The second-order valence-corrected chi connectivity index (χ2v) is 7.48. The molecule has 2 bridgehead atoms. The van der Waals surface area contributed by atoms with Crippen LogP contribution in [0.1, 0.15) is 0 Å². The third-order valence-corrected chi connectivity index (χ3v) is 6.25. The molecule has 1 aromatic heterocycles. The van der Waals surface area contributed by atoms with E-state index in [4.69, 9.17) is 9.47 Å². The Bertz CT molecular complexity index is 954. The number of ether oxygens (including phenoxy) is 2. The van der Waals surface area contributed by atoms with Crippen LogP contribution in [0.5, 0.6) is 5.75 Å². The first-order valence-corrected chi connectivity index (χ1v) is 8.68. The van der Waals surface area contributed by atoms with Crippen molar-refractivity contribution in [1.82, 2.24) is 4.98 Å². The normalized spacial score (nSPS) is 32.6. The first kappa shape index (κ1) is 14.9. The molecule has 25 heavy (non-hydrogen) atoms. The van der Waals surface area contributed by atoms with Crippen molar-refractivity contribution in [1.29, 1.82) is 0 Å². The maximum absolute atomic E-state index is 12.9. The molecule has 2 fully saturated rings. The molecule has 2 aromatic rings. The van der Waals surface area contributed by atoms with E-state index in [1.165, 1.54) is 16.2 Å². The number of carbonyl (C=O) groups is 2. The number of carboxylic acids is 1. The zero-order chi connectivity index (χ0) is 17.3. The van der Waals surface area contributed by atoms with E-state index in [1.54, 1.807) is 19.3 Å². The van der Waals surface area contributed by atoms with Crippen LogP contribution in [0, 0.1) is 11.8 Å². The summed E-state index contributed by atoms with van der Waals surface area (Å²) in [6.07, 6.45) is 2.95. The Morgan fingerprint density at radius 1 is 1.52 bits per heavy atom. The summed E-state index contributed by atoms with van der Waals surface area (Å²) < 4.78 is 12.0. The summed E-state index contributed by atoms with van der Waals surface area (Å²) in [5.74, 6) is -2.53. The van der Waals surface area contributed by atoms with Gasteiger partial charge in [0.2, 0.25) is 5.91 Å². The zero-order valence-corrected chi connectivity index (χ0v) is 14.0. The molecule has 5 rings (SSSR count). The Balaban J connectivity index is 1.55. The van der Waals surface area contributed by atoms with E-state index in [1.807, 2.05) is 18.2 Å². The number of fused-ring (bicyclic) bond motifs is 2. The summed E-state index contributed by atoms with van der Waals surface area (Å²) in [6, 6.07) is 5.53. The van der Waals surface area contributed by atoms with Crippen molar-refractivity contribution in [3.63, 3.8) is 0 Å². The lowest BCUT2D eigenvalue weighted by Gasteiger charge is -2.24. The van der Waals surface area contributed by atoms with Crippen molar-refractivity contribution >= 4 is 38.6 Å². The number of aromatic nitrogens is 1. The molecule has 3 aliphatic heterocycles. The number of anilines is 1. The van der Waals surface area contributed by atoms with Crippen molar-refractivity contribution in [2.75, 3.05) is 18.6 Å². The zero-order valence-electron chi connectivity index (χ0n) is 13.2. The second-order valence-electron chi connectivity index (χ2n) is 6.47. The smallest absolute Gasteiger partial charge is 0.236 e. The van der Waals surface area contributed by atoms with Crippen LogP contribution in [0.3, 0.4) is 0 Å². The molecule has 128 valence electrons. The summed E-state index contributed by atoms with van der Waals surface area (Å²) in [5.41, 5.74) is -0.152. The molecule has 0 saturated carbocycles. The van der Waals surface area contributed by atoms with Crippen molar-refractivity contribution < 1.29 is 24.2 Å². The predicted octanol–water partition coefficient (Wildman–Crippen LogP) is 0.341. The van der Waals surface area contributed by atoms with Gasteiger partial charge in [-0.2, -0.15) is 0 Å². The quantitative estimate of drug-likeness (QED) is 0.736. The highest BCUT2D eigenvalue weighted by Gasteiger charge is 2.65. The average molecular weight is 357 g/mol. The predicted molar refractivity (Wildman–Crippen MR) is 87.3 cm³/mol. The third kappa shape index (κ3) is 1.86. The fraction of sp³-hybridized carbons (Fsp3) is 0.353. The number of aliphatic carboxylic acids is 1. The molecule has 4 heterocycles. The standard InChI is InChI=1S/C17H14N2O5S/c1-23-8-2-3-11-9(6-8)18-16(25-11)19-7-17-5-4-10(24-17)12(15(21)22)13(17)14(19)20/h2-6,10,12-13H,7H2,1H3,(H,21,22)/p-1/t10-,12+,13-,17-/m1/s1. The minimum absolute atomic E-state index is 0.268. The van der Waals surface area contributed by atoms with Crippen LogP contribution in [0.4, 0.5) is 5.13 Å². The molecule has 2 saturated heterocycles. The van der Waals surface area contributed by atoms with E-state index in [2.05, 4.69) is 4.98 Å². The van der Waals surface area contributed by atoms with E-state index >= 15 is 0 Å². The maximum Gasteiger partial charge on any atom is 0.236 e. The van der Waals surface area contributed by atoms with Gasteiger partial charge in [0.05, 0.1) is 35.9 Å². The fourth-order valence-electron chi connectivity index (χ4n) is 4.07. The molecule has 4 atom stereocenters. The van der Waals surface area contributed by atoms with E-state index < -0.39 is 29.5 Å². The number of rotatable bonds is 3. The molecule has 3 aliphatic rings. The SMILES string of the molecule is COc1ccc2sc(N3C[C@@]45C=C[C@@H](O4)[C@H](C(=O)[O-])[C@@H]5C3=O)nc2c1. The van der Waals surface area contributed by atoms with Crippen LogP contribution in [0.15, 0.2) is 30.4 Å². The maximum atomic E-state index is 12.9. The Labute approximate surface area is 146 Å². The molecule has 0 radical (unpaired) electrons. The van der Waals surface area contributed by atoms with Crippen molar-refractivity contribution in [3.05, 3.63) is 30.4 Å². The van der Waals surface area contributed by atoms with Gasteiger partial charge in [0.15, 0.2) is 5.13 Å². The van der Waals surface area contributed by atoms with Crippen LogP contribution in [-0.2, 0) is 14.3 Å². The van der Waals surface area contributed by atoms with E-state index in [9.17, 15) is 14.7 Å². The number of amides is 1. The van der Waals surface area contributed by atoms with E-state index in [0.29, 0.717) is 10.9 Å². The first-order chi connectivity index (χ1) is 12.0. The molecule has 8 heteroatoms. The van der Waals surface area contributed by atoms with Gasteiger partial charge < -0.3 is 19.4 Å². The Kier molecular flexibility index (Phi) is 2.85. The molecule has 1 amide bonds. The van der Waals surface area contributed by atoms with Crippen molar-refractivity contribution in [2.45, 2.75) is 11.7 Å². The second kappa shape index (κ2) is 4.80. The summed E-state index contributed by atoms with van der Waals surface area (Å²) in [7, 11) is 1.58. The number of nitrogens with zero attached hydrogens (tertiary/aromatic N) is 2. The van der Waals surface area contributed by atoms with Gasteiger partial charge in [-0.1, -0.05) is 23.5 Å². The lowest BCUT2D eigenvalue weighted by Crippen LogP contribution is -2.45. The highest BCUT2D eigenvalue weighted by molar-refractivity contribution is 7.22. The van der Waals surface area contributed by atoms with Crippen molar-refractivity contribution in [2.24, 2.45) is 11.8 Å². The molecule has 0 N–H and O–H groups in total. The van der Waals surface area contributed by atoms with Gasteiger partial charge in [-0.25, -0.2) is 4.98 Å². The van der Waals surface area contributed by atoms with Crippen LogP contribution in [0.2, 0.25) is 0 Å². The van der Waals surface area contributed by atoms with Gasteiger partial charge in [0, 0.05) is 18.0 Å². The monoisotopic (exact) mass is 357 g/mol. The lowest BCUT2D eigenvalue weighted by molar-refractivity contribution is -0.313. The topological polar surface area (TPSA) is 91.8 Å². The largest absolute Gasteiger partial charge is 0.550 e. The summed E-state index contributed by atoms with van der Waals surface area (Å²) in [6.45, 7) is 0.268. The first-order valence-electron chi connectivity index (χ1n) is 7.86. The highest BCUT2D eigenvalue weighted by atomic mass is 32.1. The van der Waals surface area contributed by atoms with Crippen molar-refractivity contribution in [3.8, 4) is 5.75 Å². The minimum atomic E-state index is -1.24.